The van der Waals surface area contributed by atoms with Crippen LogP contribution in [0, 0.1) is 0 Å². The molecule has 0 unspecified atom stereocenters. The number of rotatable bonds is 8. The maximum Gasteiger partial charge on any atom is 0.273 e. The molecule has 0 atom stereocenters. The molecule has 1 amide bonds. The molecule has 0 saturated carbocycles. The smallest absolute Gasteiger partial charge is 0.273 e. The highest BCUT2D eigenvalue weighted by atomic mass is 32.1. The van der Waals surface area contributed by atoms with Gasteiger partial charge in [-0.3, -0.25) is 4.79 Å². The van der Waals surface area contributed by atoms with Crippen molar-refractivity contribution >= 4 is 28.1 Å². The van der Waals surface area contributed by atoms with Gasteiger partial charge in [0.15, 0.2) is 5.13 Å². The van der Waals surface area contributed by atoms with Crippen molar-refractivity contribution in [2.24, 2.45) is 0 Å². The van der Waals surface area contributed by atoms with Crippen LogP contribution in [0.3, 0.4) is 0 Å². The number of carbonyl (C=O) groups is 1. The second-order valence-corrected chi connectivity index (χ2v) is 7.58. The van der Waals surface area contributed by atoms with Gasteiger partial charge < -0.3 is 15.0 Å². The predicted octanol–water partition coefficient (Wildman–Crippen LogP) is 4.99. The van der Waals surface area contributed by atoms with Gasteiger partial charge in [0.2, 0.25) is 0 Å². The third kappa shape index (κ3) is 5.10. The summed E-state index contributed by atoms with van der Waals surface area (Å²) in [5.74, 6) is 0.761. The third-order valence-electron chi connectivity index (χ3n) is 4.43. The number of benzene rings is 2. The number of aromatic nitrogens is 1. The molecule has 0 fully saturated rings. The molecule has 3 rings (SSSR count). The Morgan fingerprint density at radius 3 is 2.50 bits per heavy atom. The lowest BCUT2D eigenvalue weighted by Gasteiger charge is -2.26. The highest BCUT2D eigenvalue weighted by molar-refractivity contribution is 7.14. The number of hydrogen-bond acceptors (Lipinski definition) is 5. The van der Waals surface area contributed by atoms with Crippen molar-refractivity contribution in [2.75, 3.05) is 19.0 Å². The Balaban J connectivity index is 1.66. The van der Waals surface area contributed by atoms with E-state index in [1.54, 1.807) is 7.11 Å². The molecular weight excluding hydrogens is 370 g/mol. The largest absolute Gasteiger partial charge is 0.497 e. The fraction of sp³-hybridized carbons (Fsp3) is 0.273. The molecule has 5 nitrogen and oxygen atoms in total. The van der Waals surface area contributed by atoms with Crippen molar-refractivity contribution < 1.29 is 9.53 Å². The summed E-state index contributed by atoms with van der Waals surface area (Å²) in [5.41, 5.74) is 2.60. The normalized spacial score (nSPS) is 10.7. The Bertz CT molecular complexity index is 892. The fourth-order valence-electron chi connectivity index (χ4n) is 2.86. The minimum atomic E-state index is -0.0371. The average Bonchev–Trinajstić information content (AvgIpc) is 3.17. The Labute approximate surface area is 170 Å². The van der Waals surface area contributed by atoms with Crippen molar-refractivity contribution in [1.82, 2.24) is 9.88 Å². The van der Waals surface area contributed by atoms with Gasteiger partial charge in [0.25, 0.3) is 5.91 Å². The zero-order valence-electron chi connectivity index (χ0n) is 16.4. The number of methoxy groups -OCH3 is 1. The summed E-state index contributed by atoms with van der Waals surface area (Å²) in [6, 6.07) is 17.9. The van der Waals surface area contributed by atoms with Crippen molar-refractivity contribution in [3.05, 3.63) is 71.2 Å². The summed E-state index contributed by atoms with van der Waals surface area (Å²) in [6.45, 7) is 4.73. The fourth-order valence-corrected chi connectivity index (χ4v) is 3.57. The van der Waals surface area contributed by atoms with Gasteiger partial charge in [0, 0.05) is 23.7 Å². The molecule has 0 spiro atoms. The van der Waals surface area contributed by atoms with E-state index in [1.807, 2.05) is 66.6 Å². The first-order valence-corrected chi connectivity index (χ1v) is 10.2. The maximum atomic E-state index is 13.0. The molecule has 1 aromatic heterocycles. The van der Waals surface area contributed by atoms with Crippen LogP contribution in [0.25, 0.3) is 0 Å². The number of anilines is 2. The van der Waals surface area contributed by atoms with Gasteiger partial charge in [-0.25, -0.2) is 4.98 Å². The van der Waals surface area contributed by atoms with Gasteiger partial charge in [0.05, 0.1) is 7.11 Å². The summed E-state index contributed by atoms with van der Waals surface area (Å²) >= 11 is 1.43. The second-order valence-electron chi connectivity index (χ2n) is 6.72. The third-order valence-corrected chi connectivity index (χ3v) is 5.19. The molecule has 6 heteroatoms. The minimum Gasteiger partial charge on any atom is -0.497 e. The van der Waals surface area contributed by atoms with E-state index in [-0.39, 0.29) is 11.9 Å². The topological polar surface area (TPSA) is 54.5 Å². The summed E-state index contributed by atoms with van der Waals surface area (Å²) in [6.07, 6.45) is 0.825. The number of carbonyl (C=O) groups excluding carboxylic acids is 1. The van der Waals surface area contributed by atoms with Gasteiger partial charge >= 0.3 is 0 Å². The quantitative estimate of drug-likeness (QED) is 0.584. The van der Waals surface area contributed by atoms with Gasteiger partial charge in [0.1, 0.15) is 11.4 Å². The van der Waals surface area contributed by atoms with E-state index in [1.165, 1.54) is 16.9 Å². The van der Waals surface area contributed by atoms with E-state index in [0.29, 0.717) is 17.4 Å². The van der Waals surface area contributed by atoms with Crippen LogP contribution in [0.4, 0.5) is 10.8 Å². The van der Waals surface area contributed by atoms with Crippen LogP contribution in [0.1, 0.15) is 29.9 Å². The Morgan fingerprint density at radius 2 is 1.86 bits per heavy atom. The first-order valence-electron chi connectivity index (χ1n) is 9.28. The predicted molar refractivity (Wildman–Crippen MR) is 115 cm³/mol. The van der Waals surface area contributed by atoms with E-state index < -0.39 is 0 Å². The molecule has 28 heavy (non-hydrogen) atoms. The number of hydrogen-bond donors (Lipinski definition) is 1. The molecule has 1 N–H and O–H groups in total. The summed E-state index contributed by atoms with van der Waals surface area (Å²) in [5, 5.41) is 5.74. The van der Waals surface area contributed by atoms with Crippen molar-refractivity contribution in [1.29, 1.82) is 0 Å². The van der Waals surface area contributed by atoms with E-state index >= 15 is 0 Å². The standard InChI is InChI=1S/C22H25N3O2S/c1-16(2)25(14-13-17-7-5-4-6-8-17)21(26)20-15-28-22(24-20)23-18-9-11-19(27-3)12-10-18/h4-12,15-16H,13-14H2,1-3H3,(H,23,24). The van der Waals surface area contributed by atoms with Crippen LogP contribution >= 0.6 is 11.3 Å². The number of amides is 1. The van der Waals surface area contributed by atoms with Crippen LogP contribution in [0.2, 0.25) is 0 Å². The van der Waals surface area contributed by atoms with Crippen LogP contribution in [0.15, 0.2) is 60.0 Å². The Kier molecular flexibility index (Phi) is 6.66. The van der Waals surface area contributed by atoms with Crippen LogP contribution in [0.5, 0.6) is 5.75 Å². The number of ether oxygens (including phenoxy) is 1. The summed E-state index contributed by atoms with van der Waals surface area (Å²) < 4.78 is 5.17. The van der Waals surface area contributed by atoms with Gasteiger partial charge in [-0.15, -0.1) is 11.3 Å². The summed E-state index contributed by atoms with van der Waals surface area (Å²) in [7, 11) is 1.64. The van der Waals surface area contributed by atoms with E-state index in [9.17, 15) is 4.79 Å². The zero-order valence-corrected chi connectivity index (χ0v) is 17.2. The molecule has 3 aromatic rings. The average molecular weight is 396 g/mol. The lowest BCUT2D eigenvalue weighted by Crippen LogP contribution is -2.38. The SMILES string of the molecule is COc1ccc(Nc2nc(C(=O)N(CCc3ccccc3)C(C)C)cs2)cc1. The van der Waals surface area contributed by atoms with E-state index in [0.717, 1.165) is 17.9 Å². The van der Waals surface area contributed by atoms with Gasteiger partial charge in [-0.2, -0.15) is 0 Å². The van der Waals surface area contributed by atoms with Gasteiger partial charge in [-0.05, 0) is 50.1 Å². The maximum absolute atomic E-state index is 13.0. The number of nitrogens with one attached hydrogen (secondary N) is 1. The zero-order chi connectivity index (χ0) is 19.9. The molecule has 0 radical (unpaired) electrons. The second kappa shape index (κ2) is 9.37. The highest BCUT2D eigenvalue weighted by Crippen LogP contribution is 2.24. The molecule has 146 valence electrons. The minimum absolute atomic E-state index is 0.0371. The van der Waals surface area contributed by atoms with Crippen LogP contribution in [-0.2, 0) is 6.42 Å². The Morgan fingerprint density at radius 1 is 1.14 bits per heavy atom. The molecule has 0 saturated heterocycles. The first kappa shape index (κ1) is 19.9. The lowest BCUT2D eigenvalue weighted by atomic mass is 10.1. The van der Waals surface area contributed by atoms with Crippen molar-refractivity contribution in [3.8, 4) is 5.75 Å². The number of nitrogens with zero attached hydrogens (tertiary/aromatic N) is 2. The van der Waals surface area contributed by atoms with Gasteiger partial charge in [-0.1, -0.05) is 30.3 Å². The van der Waals surface area contributed by atoms with Crippen LogP contribution < -0.4 is 10.1 Å². The summed E-state index contributed by atoms with van der Waals surface area (Å²) in [4.78, 5) is 19.3. The lowest BCUT2D eigenvalue weighted by molar-refractivity contribution is 0.0703. The van der Waals surface area contributed by atoms with E-state index in [4.69, 9.17) is 4.74 Å². The van der Waals surface area contributed by atoms with E-state index in [2.05, 4.69) is 22.4 Å². The molecule has 0 bridgehead atoms. The molecule has 2 aromatic carbocycles. The van der Waals surface area contributed by atoms with Crippen LogP contribution in [-0.4, -0.2) is 35.5 Å². The van der Waals surface area contributed by atoms with Crippen molar-refractivity contribution in [2.45, 2.75) is 26.3 Å². The monoisotopic (exact) mass is 395 g/mol. The highest BCUT2D eigenvalue weighted by Gasteiger charge is 2.21. The Hall–Kier alpha value is -2.86. The first-order chi connectivity index (χ1) is 13.6. The molecule has 0 aliphatic carbocycles. The van der Waals surface area contributed by atoms with Crippen molar-refractivity contribution in [3.63, 3.8) is 0 Å². The number of thiazole rings is 1. The molecule has 0 aliphatic rings. The molecule has 0 aliphatic heterocycles. The molecule has 1 heterocycles. The molecular formula is C22H25N3O2S.